The summed E-state index contributed by atoms with van der Waals surface area (Å²) in [6.07, 6.45) is 1.79. The smallest absolute Gasteiger partial charge is 0.113 e. The van der Waals surface area contributed by atoms with Crippen molar-refractivity contribution in [1.29, 1.82) is 0 Å². The first-order chi connectivity index (χ1) is 19.3. The molecule has 3 aromatic carbocycles. The summed E-state index contributed by atoms with van der Waals surface area (Å²) in [4.78, 5) is 2.54. The van der Waals surface area contributed by atoms with Crippen LogP contribution in [0.3, 0.4) is 0 Å². The van der Waals surface area contributed by atoms with Gasteiger partial charge in [0.2, 0.25) is 0 Å². The Morgan fingerprint density at radius 3 is 1.74 bits per heavy atom. The Morgan fingerprint density at radius 2 is 1.21 bits per heavy atom. The van der Waals surface area contributed by atoms with Gasteiger partial charge in [0.05, 0.1) is 25.9 Å². The average Bonchev–Trinajstić information content (AvgIpc) is 3.51. The van der Waals surface area contributed by atoms with Crippen LogP contribution in [0.4, 0.5) is 0 Å². The number of thiophene rings is 1. The minimum atomic E-state index is -0.180. The second-order valence-corrected chi connectivity index (χ2v) is 11.1. The van der Waals surface area contributed by atoms with Gasteiger partial charge in [-0.25, -0.2) is 0 Å². The van der Waals surface area contributed by atoms with Crippen molar-refractivity contribution in [3.63, 3.8) is 0 Å². The lowest BCUT2D eigenvalue weighted by Gasteiger charge is -2.47. The van der Waals surface area contributed by atoms with E-state index in [1.165, 1.54) is 16.7 Å². The van der Waals surface area contributed by atoms with Gasteiger partial charge >= 0.3 is 0 Å². The van der Waals surface area contributed by atoms with E-state index in [1.54, 1.807) is 11.3 Å². The molecule has 1 aliphatic heterocycles. The molecule has 1 saturated heterocycles. The highest BCUT2D eigenvalue weighted by Crippen LogP contribution is 2.29. The van der Waals surface area contributed by atoms with Gasteiger partial charge in [-0.05, 0) is 65.4 Å². The summed E-state index contributed by atoms with van der Waals surface area (Å²) in [7, 11) is 0. The molecule has 0 saturated carbocycles. The molecule has 5 heteroatoms. The van der Waals surface area contributed by atoms with Gasteiger partial charge in [0.1, 0.15) is 12.2 Å². The van der Waals surface area contributed by atoms with Crippen molar-refractivity contribution in [2.75, 3.05) is 13.1 Å². The van der Waals surface area contributed by atoms with Gasteiger partial charge in [-0.15, -0.1) is 0 Å². The number of hydrogen-bond acceptors (Lipinski definition) is 5. The van der Waals surface area contributed by atoms with Crippen molar-refractivity contribution in [2.45, 2.75) is 63.9 Å². The third kappa shape index (κ3) is 8.10. The fraction of sp³-hybridized carbons (Fsp3) is 0.353. The second kappa shape index (κ2) is 14.5. The lowest BCUT2D eigenvalue weighted by atomic mass is 9.93. The summed E-state index contributed by atoms with van der Waals surface area (Å²) in [6, 6.07) is 33.6. The number of ether oxygens (including phenoxy) is 3. The molecule has 4 nitrogen and oxygen atoms in total. The largest absolute Gasteiger partial charge is 0.369 e. The summed E-state index contributed by atoms with van der Waals surface area (Å²) in [6.45, 7) is 5.74. The number of benzene rings is 3. The van der Waals surface area contributed by atoms with E-state index in [0.717, 1.165) is 31.5 Å². The highest BCUT2D eigenvalue weighted by atomic mass is 32.1. The molecule has 4 atom stereocenters. The molecule has 1 fully saturated rings. The Morgan fingerprint density at radius 1 is 0.667 bits per heavy atom. The predicted octanol–water partition coefficient (Wildman–Crippen LogP) is 7.14. The van der Waals surface area contributed by atoms with Crippen molar-refractivity contribution in [3.05, 3.63) is 130 Å². The normalized spacial score (nSPS) is 21.7. The molecule has 39 heavy (non-hydrogen) atoms. The topological polar surface area (TPSA) is 30.9 Å². The second-order valence-electron chi connectivity index (χ2n) is 10.3. The number of hydrogen-bond donors (Lipinski definition) is 0. The van der Waals surface area contributed by atoms with Crippen LogP contribution in [0, 0.1) is 0 Å². The molecule has 1 aliphatic rings. The fourth-order valence-corrected chi connectivity index (χ4v) is 6.01. The molecular weight excluding hydrogens is 502 g/mol. The number of aryl methyl sites for hydroxylation is 1. The highest BCUT2D eigenvalue weighted by molar-refractivity contribution is 7.07. The highest BCUT2D eigenvalue weighted by Gasteiger charge is 2.43. The van der Waals surface area contributed by atoms with Gasteiger partial charge in [-0.3, -0.25) is 4.90 Å². The maximum Gasteiger partial charge on any atom is 0.113 e. The molecule has 4 aromatic rings. The van der Waals surface area contributed by atoms with Gasteiger partial charge < -0.3 is 14.2 Å². The number of piperidine rings is 1. The van der Waals surface area contributed by atoms with Crippen molar-refractivity contribution in [1.82, 2.24) is 4.90 Å². The predicted molar refractivity (Wildman–Crippen MR) is 159 cm³/mol. The first-order valence-electron chi connectivity index (χ1n) is 14.0. The SMILES string of the molecule is C[C@@H]1[C@@H](OCc2ccccc2)[C@H](OCc2ccccc2)[C@@H](OCc2ccccc2)CN1CCCc1ccsc1. The van der Waals surface area contributed by atoms with Gasteiger partial charge in [0.25, 0.3) is 0 Å². The third-order valence-electron chi connectivity index (χ3n) is 7.52. The van der Waals surface area contributed by atoms with E-state index in [4.69, 9.17) is 14.2 Å². The summed E-state index contributed by atoms with van der Waals surface area (Å²) >= 11 is 1.77. The molecule has 0 N–H and O–H groups in total. The summed E-state index contributed by atoms with van der Waals surface area (Å²) in [5.74, 6) is 0. The van der Waals surface area contributed by atoms with Crippen LogP contribution >= 0.6 is 11.3 Å². The fourth-order valence-electron chi connectivity index (χ4n) is 5.31. The van der Waals surface area contributed by atoms with Crippen LogP contribution < -0.4 is 0 Å². The molecule has 204 valence electrons. The molecule has 0 amide bonds. The molecule has 0 radical (unpaired) electrons. The van der Waals surface area contributed by atoms with Gasteiger partial charge in [-0.2, -0.15) is 11.3 Å². The van der Waals surface area contributed by atoms with E-state index in [1.807, 2.05) is 18.2 Å². The van der Waals surface area contributed by atoms with Crippen LogP contribution in [0.5, 0.6) is 0 Å². The van der Waals surface area contributed by atoms with Crippen molar-refractivity contribution in [2.24, 2.45) is 0 Å². The molecule has 5 rings (SSSR count). The van der Waals surface area contributed by atoms with Gasteiger partial charge in [-0.1, -0.05) is 91.0 Å². The van der Waals surface area contributed by atoms with Gasteiger partial charge in [0, 0.05) is 12.6 Å². The number of nitrogens with zero attached hydrogens (tertiary/aromatic N) is 1. The molecule has 0 bridgehead atoms. The van der Waals surface area contributed by atoms with E-state index < -0.39 is 0 Å². The van der Waals surface area contributed by atoms with E-state index in [9.17, 15) is 0 Å². The Labute approximate surface area is 237 Å². The first kappa shape index (κ1) is 27.8. The lowest BCUT2D eigenvalue weighted by Crippen LogP contribution is -2.62. The minimum Gasteiger partial charge on any atom is -0.369 e. The van der Waals surface area contributed by atoms with Crippen molar-refractivity contribution in [3.8, 4) is 0 Å². The van der Waals surface area contributed by atoms with Crippen LogP contribution in [0.15, 0.2) is 108 Å². The van der Waals surface area contributed by atoms with E-state index in [0.29, 0.717) is 19.8 Å². The average molecular weight is 542 g/mol. The summed E-state index contributed by atoms with van der Waals surface area (Å²) in [5, 5.41) is 4.42. The summed E-state index contributed by atoms with van der Waals surface area (Å²) < 4.78 is 20.0. The Balaban J connectivity index is 1.34. The van der Waals surface area contributed by atoms with E-state index in [-0.39, 0.29) is 24.4 Å². The van der Waals surface area contributed by atoms with E-state index >= 15 is 0 Å². The molecule has 2 heterocycles. The van der Waals surface area contributed by atoms with Crippen LogP contribution in [0.2, 0.25) is 0 Å². The number of likely N-dealkylation sites (tertiary alicyclic amines) is 1. The maximum atomic E-state index is 6.70. The zero-order valence-corrected chi connectivity index (χ0v) is 23.5. The minimum absolute atomic E-state index is 0.105. The van der Waals surface area contributed by atoms with Crippen molar-refractivity contribution < 1.29 is 14.2 Å². The zero-order chi connectivity index (χ0) is 26.7. The zero-order valence-electron chi connectivity index (χ0n) is 22.7. The standard InChI is InChI=1S/C34H39NO3S/c1-27-33(37-24-29-14-7-3-8-15-29)34(38-25-30-16-9-4-10-17-30)32(36-23-28-12-5-2-6-13-28)22-35(27)20-11-18-31-19-21-39-26-31/h2-10,12-17,19,21,26-27,32-34H,11,18,20,22-25H2,1H3/t27-,32+,33-,34-/m1/s1. The molecule has 0 spiro atoms. The lowest BCUT2D eigenvalue weighted by molar-refractivity contribution is -0.200. The van der Waals surface area contributed by atoms with Crippen LogP contribution in [-0.2, 0) is 40.5 Å². The molecular formula is C34H39NO3S. The Kier molecular flexibility index (Phi) is 10.4. The maximum absolute atomic E-state index is 6.70. The third-order valence-corrected chi connectivity index (χ3v) is 8.26. The first-order valence-corrected chi connectivity index (χ1v) is 14.9. The van der Waals surface area contributed by atoms with Gasteiger partial charge in [0.15, 0.2) is 0 Å². The number of rotatable bonds is 13. The quantitative estimate of drug-likeness (QED) is 0.180. The molecule has 1 aromatic heterocycles. The molecule has 0 unspecified atom stereocenters. The molecule has 0 aliphatic carbocycles. The Bertz CT molecular complexity index is 1200. The van der Waals surface area contributed by atoms with E-state index in [2.05, 4.69) is 101 Å². The van der Waals surface area contributed by atoms with Crippen LogP contribution in [0.25, 0.3) is 0 Å². The Hall–Kier alpha value is -2.80. The monoisotopic (exact) mass is 541 g/mol. The van der Waals surface area contributed by atoms with Crippen LogP contribution in [0.1, 0.15) is 35.6 Å². The van der Waals surface area contributed by atoms with Crippen LogP contribution in [-0.4, -0.2) is 42.3 Å². The van der Waals surface area contributed by atoms with Crippen molar-refractivity contribution >= 4 is 11.3 Å². The summed E-state index contributed by atoms with van der Waals surface area (Å²) in [5.41, 5.74) is 4.92.